The normalized spacial score (nSPS) is 11.9. The van der Waals surface area contributed by atoms with Crippen molar-refractivity contribution in [3.63, 3.8) is 0 Å². The van der Waals surface area contributed by atoms with Gasteiger partial charge in [0, 0.05) is 11.4 Å². The Morgan fingerprint density at radius 2 is 1.68 bits per heavy atom. The molecule has 4 nitrogen and oxygen atoms in total. The van der Waals surface area contributed by atoms with E-state index in [1.54, 1.807) is 36.4 Å². The van der Waals surface area contributed by atoms with Gasteiger partial charge in [-0.05, 0) is 30.3 Å². The van der Waals surface area contributed by atoms with Gasteiger partial charge in [0.25, 0.3) is 0 Å². The molecule has 25 heavy (non-hydrogen) atoms. The quantitative estimate of drug-likeness (QED) is 0.798. The molecular formula is C17H12F3N3OS. The van der Waals surface area contributed by atoms with Crippen LogP contribution < -0.4 is 10.6 Å². The number of rotatable bonds is 4. The Hall–Kier alpha value is -2.92. The Bertz CT molecular complexity index is 816. The number of para-hydroxylation sites is 1. The van der Waals surface area contributed by atoms with Crippen molar-refractivity contribution in [2.75, 3.05) is 10.6 Å². The van der Waals surface area contributed by atoms with Gasteiger partial charge in [0.05, 0.1) is 11.6 Å². The molecule has 0 fully saturated rings. The number of benzene rings is 2. The van der Waals surface area contributed by atoms with E-state index in [-0.39, 0.29) is 10.7 Å². The molecule has 8 heteroatoms. The van der Waals surface area contributed by atoms with E-state index in [1.807, 2.05) is 0 Å². The minimum absolute atomic E-state index is 0.0434. The Balaban J connectivity index is 2.10. The maximum Gasteiger partial charge on any atom is 0.416 e. The number of nitrogens with one attached hydrogen (secondary N) is 2. The second-order valence-corrected chi connectivity index (χ2v) is 5.43. The van der Waals surface area contributed by atoms with Crippen LogP contribution in [0.5, 0.6) is 0 Å². The number of carbonyl (C=O) groups excluding carboxylic acids is 1. The molecule has 0 aromatic heterocycles. The van der Waals surface area contributed by atoms with Crippen molar-refractivity contribution in [1.29, 1.82) is 5.26 Å². The number of carbonyl (C=O) groups is 1. The van der Waals surface area contributed by atoms with Crippen LogP contribution in [0, 0.1) is 17.2 Å². The van der Waals surface area contributed by atoms with E-state index in [2.05, 4.69) is 10.6 Å². The van der Waals surface area contributed by atoms with Gasteiger partial charge in [-0.25, -0.2) is 0 Å². The molecule has 128 valence electrons. The van der Waals surface area contributed by atoms with Crippen molar-refractivity contribution in [2.24, 2.45) is 5.92 Å². The molecule has 0 saturated carbocycles. The summed E-state index contributed by atoms with van der Waals surface area (Å²) in [6.45, 7) is 0. The Morgan fingerprint density at radius 1 is 1.04 bits per heavy atom. The van der Waals surface area contributed by atoms with Crippen LogP contribution in [0.15, 0.2) is 54.6 Å². The molecule has 2 N–H and O–H groups in total. The van der Waals surface area contributed by atoms with Crippen LogP contribution in [-0.4, -0.2) is 10.9 Å². The number of thiocarbonyl (C=S) groups is 1. The van der Waals surface area contributed by atoms with Gasteiger partial charge in [-0.15, -0.1) is 0 Å². The highest BCUT2D eigenvalue weighted by Crippen LogP contribution is 2.30. The summed E-state index contributed by atoms with van der Waals surface area (Å²) in [6.07, 6.45) is -4.53. The third-order valence-electron chi connectivity index (χ3n) is 3.15. The number of alkyl halides is 3. The number of nitriles is 1. The van der Waals surface area contributed by atoms with Crippen LogP contribution in [-0.2, 0) is 11.0 Å². The molecule has 0 heterocycles. The van der Waals surface area contributed by atoms with E-state index in [4.69, 9.17) is 12.2 Å². The molecule has 1 unspecified atom stereocenters. The molecule has 0 bridgehead atoms. The first-order chi connectivity index (χ1) is 11.8. The van der Waals surface area contributed by atoms with Gasteiger partial charge < -0.3 is 10.6 Å². The Kier molecular flexibility index (Phi) is 5.72. The highest BCUT2D eigenvalue weighted by atomic mass is 32.1. The van der Waals surface area contributed by atoms with Crippen LogP contribution in [0.3, 0.4) is 0 Å². The summed E-state index contributed by atoms with van der Waals surface area (Å²) in [5, 5.41) is 14.2. The Labute approximate surface area is 147 Å². The topological polar surface area (TPSA) is 64.9 Å². The highest BCUT2D eigenvalue weighted by Gasteiger charge is 2.31. The number of amides is 1. The van der Waals surface area contributed by atoms with Crippen LogP contribution in [0.2, 0.25) is 0 Å². The van der Waals surface area contributed by atoms with E-state index in [0.29, 0.717) is 5.69 Å². The van der Waals surface area contributed by atoms with Crippen molar-refractivity contribution < 1.29 is 18.0 Å². The Morgan fingerprint density at radius 3 is 2.28 bits per heavy atom. The second kappa shape index (κ2) is 7.77. The molecule has 0 radical (unpaired) electrons. The van der Waals surface area contributed by atoms with Crippen LogP contribution in [0.1, 0.15) is 5.56 Å². The largest absolute Gasteiger partial charge is 0.416 e. The minimum atomic E-state index is -4.53. The summed E-state index contributed by atoms with van der Waals surface area (Å²) in [6, 6.07) is 14.6. The van der Waals surface area contributed by atoms with E-state index < -0.39 is 23.6 Å². The predicted octanol–water partition coefficient (Wildman–Crippen LogP) is 4.22. The van der Waals surface area contributed by atoms with Crippen molar-refractivity contribution in [1.82, 2.24) is 0 Å². The fourth-order valence-corrected chi connectivity index (χ4v) is 2.24. The van der Waals surface area contributed by atoms with Gasteiger partial charge in [-0.1, -0.05) is 36.5 Å². The maximum atomic E-state index is 12.7. The maximum absolute atomic E-state index is 12.7. The molecule has 0 aliphatic heterocycles. The molecule has 2 rings (SSSR count). The first kappa shape index (κ1) is 18.4. The van der Waals surface area contributed by atoms with Crippen LogP contribution in [0.4, 0.5) is 24.5 Å². The molecule has 0 spiro atoms. The monoisotopic (exact) mass is 363 g/mol. The molecule has 1 amide bonds. The molecular weight excluding hydrogens is 351 g/mol. The zero-order valence-corrected chi connectivity index (χ0v) is 13.5. The van der Waals surface area contributed by atoms with Crippen LogP contribution in [0.25, 0.3) is 0 Å². The van der Waals surface area contributed by atoms with Crippen LogP contribution >= 0.6 is 12.2 Å². The first-order valence-electron chi connectivity index (χ1n) is 7.05. The molecule has 2 aromatic carbocycles. The number of halogens is 3. The average molecular weight is 363 g/mol. The molecule has 0 aliphatic rings. The third-order valence-corrected chi connectivity index (χ3v) is 3.49. The summed E-state index contributed by atoms with van der Waals surface area (Å²) < 4.78 is 38.1. The van der Waals surface area contributed by atoms with Crippen molar-refractivity contribution >= 4 is 34.5 Å². The molecule has 0 saturated heterocycles. The van der Waals surface area contributed by atoms with Gasteiger partial charge in [0.2, 0.25) is 5.91 Å². The average Bonchev–Trinajstić information content (AvgIpc) is 2.56. The third kappa shape index (κ3) is 5.02. The number of hydrogen-bond acceptors (Lipinski definition) is 3. The van der Waals surface area contributed by atoms with E-state index in [1.165, 1.54) is 12.1 Å². The number of anilines is 2. The fourth-order valence-electron chi connectivity index (χ4n) is 1.96. The van der Waals surface area contributed by atoms with Gasteiger partial charge >= 0.3 is 6.18 Å². The number of nitrogens with zero attached hydrogens (tertiary/aromatic N) is 1. The smallest absolute Gasteiger partial charge is 0.348 e. The van der Waals surface area contributed by atoms with Crippen molar-refractivity contribution in [3.8, 4) is 6.07 Å². The minimum Gasteiger partial charge on any atom is -0.348 e. The lowest BCUT2D eigenvalue weighted by Gasteiger charge is -2.14. The summed E-state index contributed by atoms with van der Waals surface area (Å²) in [4.78, 5) is 12.2. The van der Waals surface area contributed by atoms with Gasteiger partial charge in [0.15, 0.2) is 5.92 Å². The summed E-state index contributed by atoms with van der Waals surface area (Å²) in [7, 11) is 0. The van der Waals surface area contributed by atoms with Gasteiger partial charge in [-0.2, -0.15) is 18.4 Å². The molecule has 0 aliphatic carbocycles. The van der Waals surface area contributed by atoms with Gasteiger partial charge in [0.1, 0.15) is 4.99 Å². The van der Waals surface area contributed by atoms with E-state index >= 15 is 0 Å². The lowest BCUT2D eigenvalue weighted by molar-refractivity contribution is -0.137. The van der Waals surface area contributed by atoms with Crippen molar-refractivity contribution in [2.45, 2.75) is 6.18 Å². The van der Waals surface area contributed by atoms with Gasteiger partial charge in [-0.3, -0.25) is 4.79 Å². The zero-order valence-electron chi connectivity index (χ0n) is 12.7. The summed E-state index contributed by atoms with van der Waals surface area (Å²) in [5.41, 5.74) is -0.369. The lowest BCUT2D eigenvalue weighted by Crippen LogP contribution is -2.31. The highest BCUT2D eigenvalue weighted by molar-refractivity contribution is 7.80. The number of hydrogen-bond donors (Lipinski definition) is 2. The molecule has 1 atom stereocenters. The van der Waals surface area contributed by atoms with Crippen molar-refractivity contribution in [3.05, 3.63) is 60.2 Å². The van der Waals surface area contributed by atoms with E-state index in [0.717, 1.165) is 12.1 Å². The lowest BCUT2D eigenvalue weighted by atomic mass is 10.1. The SMILES string of the molecule is N#CC(C(=O)Nc1cccc(C(F)(F)F)c1)C(=S)Nc1ccccc1. The molecule has 2 aromatic rings. The summed E-state index contributed by atoms with van der Waals surface area (Å²) in [5.74, 6) is -2.15. The predicted molar refractivity (Wildman–Crippen MR) is 91.8 cm³/mol. The summed E-state index contributed by atoms with van der Waals surface area (Å²) >= 11 is 5.06. The fraction of sp³-hybridized carbons (Fsp3) is 0.118. The second-order valence-electron chi connectivity index (χ2n) is 4.99. The first-order valence-corrected chi connectivity index (χ1v) is 7.46. The zero-order chi connectivity index (χ0) is 18.4. The standard InChI is InChI=1S/C17H12F3N3OS/c18-17(19,20)11-5-4-8-13(9-11)22-15(24)14(10-21)16(25)23-12-6-2-1-3-7-12/h1-9,14H,(H,22,24)(H,23,25). The van der Waals surface area contributed by atoms with E-state index in [9.17, 15) is 23.2 Å².